The van der Waals surface area contributed by atoms with E-state index in [1.165, 1.54) is 0 Å². The zero-order valence-electron chi connectivity index (χ0n) is 10.2. The SMILES string of the molecule is C#CC[C@]1(O)CCCCC[C@]12C=CC(=O)CC2. The van der Waals surface area contributed by atoms with Gasteiger partial charge in [0.05, 0.1) is 5.60 Å². The number of carbonyl (C=O) groups is 1. The summed E-state index contributed by atoms with van der Waals surface area (Å²) < 4.78 is 0. The minimum atomic E-state index is -0.810. The molecular weight excluding hydrogens is 212 g/mol. The molecule has 0 radical (unpaired) electrons. The van der Waals surface area contributed by atoms with E-state index in [0.717, 1.165) is 38.5 Å². The van der Waals surface area contributed by atoms with Gasteiger partial charge in [-0.15, -0.1) is 12.3 Å². The molecule has 0 aliphatic heterocycles. The van der Waals surface area contributed by atoms with E-state index in [-0.39, 0.29) is 11.2 Å². The van der Waals surface area contributed by atoms with Crippen molar-refractivity contribution in [1.82, 2.24) is 0 Å². The highest BCUT2D eigenvalue weighted by Crippen LogP contribution is 2.50. The van der Waals surface area contributed by atoms with Crippen LogP contribution in [0.5, 0.6) is 0 Å². The Morgan fingerprint density at radius 3 is 2.71 bits per heavy atom. The lowest BCUT2D eigenvalue weighted by Gasteiger charge is -2.45. The number of rotatable bonds is 1. The van der Waals surface area contributed by atoms with Gasteiger partial charge in [-0.25, -0.2) is 0 Å². The molecule has 1 saturated carbocycles. The largest absolute Gasteiger partial charge is 0.388 e. The van der Waals surface area contributed by atoms with Crippen LogP contribution in [0.1, 0.15) is 51.4 Å². The molecule has 0 heterocycles. The van der Waals surface area contributed by atoms with Crippen molar-refractivity contribution in [3.8, 4) is 12.3 Å². The van der Waals surface area contributed by atoms with Crippen molar-refractivity contribution in [1.29, 1.82) is 0 Å². The first-order valence-corrected chi connectivity index (χ1v) is 6.50. The number of carbonyl (C=O) groups excluding carboxylic acids is 1. The minimum absolute atomic E-state index is 0.169. The van der Waals surface area contributed by atoms with Crippen molar-refractivity contribution in [3.63, 3.8) is 0 Å². The van der Waals surface area contributed by atoms with Crippen LogP contribution in [-0.2, 0) is 4.79 Å². The van der Waals surface area contributed by atoms with E-state index < -0.39 is 5.60 Å². The van der Waals surface area contributed by atoms with Gasteiger partial charge in [-0.1, -0.05) is 25.3 Å². The van der Waals surface area contributed by atoms with Gasteiger partial charge in [-0.3, -0.25) is 4.79 Å². The molecule has 0 amide bonds. The van der Waals surface area contributed by atoms with E-state index in [4.69, 9.17) is 6.42 Å². The summed E-state index contributed by atoms with van der Waals surface area (Å²) in [5.41, 5.74) is -1.07. The van der Waals surface area contributed by atoms with Crippen molar-refractivity contribution in [2.45, 2.75) is 57.0 Å². The van der Waals surface area contributed by atoms with Gasteiger partial charge in [0.25, 0.3) is 0 Å². The minimum Gasteiger partial charge on any atom is -0.388 e. The summed E-state index contributed by atoms with van der Waals surface area (Å²) in [5.74, 6) is 2.79. The molecule has 2 rings (SSSR count). The summed E-state index contributed by atoms with van der Waals surface area (Å²) in [6.45, 7) is 0. The Bertz CT molecular complexity index is 377. The lowest BCUT2D eigenvalue weighted by atomic mass is 9.62. The predicted molar refractivity (Wildman–Crippen MR) is 67.3 cm³/mol. The summed E-state index contributed by atoms with van der Waals surface area (Å²) >= 11 is 0. The zero-order valence-corrected chi connectivity index (χ0v) is 10.2. The Morgan fingerprint density at radius 1 is 1.29 bits per heavy atom. The molecule has 0 saturated heterocycles. The standard InChI is InChI=1S/C15H20O2/c1-2-8-15(17)10-5-3-4-9-14(15)11-6-13(16)7-12-14/h1,6,11,17H,3-5,7-10,12H2/t14-,15+/m1/s1. The van der Waals surface area contributed by atoms with Crippen molar-refractivity contribution < 1.29 is 9.90 Å². The summed E-state index contributed by atoms with van der Waals surface area (Å²) in [5, 5.41) is 10.9. The summed E-state index contributed by atoms with van der Waals surface area (Å²) in [4.78, 5) is 11.3. The van der Waals surface area contributed by atoms with Gasteiger partial charge in [0, 0.05) is 18.3 Å². The normalized spacial score (nSPS) is 37.8. The first kappa shape index (κ1) is 12.4. The second kappa shape index (κ2) is 4.66. The Morgan fingerprint density at radius 2 is 2.06 bits per heavy atom. The highest BCUT2D eigenvalue weighted by molar-refractivity contribution is 5.90. The topological polar surface area (TPSA) is 37.3 Å². The number of hydrogen-bond acceptors (Lipinski definition) is 2. The van der Waals surface area contributed by atoms with E-state index in [2.05, 4.69) is 5.92 Å². The lowest BCUT2D eigenvalue weighted by Crippen LogP contribution is -2.47. The average molecular weight is 232 g/mol. The monoisotopic (exact) mass is 232 g/mol. The van der Waals surface area contributed by atoms with Gasteiger partial charge in [0.2, 0.25) is 0 Å². The molecule has 0 aromatic heterocycles. The Labute approximate surface area is 103 Å². The highest BCUT2D eigenvalue weighted by Gasteiger charge is 2.49. The molecule has 2 atom stereocenters. The third-order valence-corrected chi connectivity index (χ3v) is 4.44. The van der Waals surface area contributed by atoms with Gasteiger partial charge in [0.15, 0.2) is 5.78 Å². The third-order valence-electron chi connectivity index (χ3n) is 4.44. The fourth-order valence-corrected chi connectivity index (χ4v) is 3.31. The van der Waals surface area contributed by atoms with Gasteiger partial charge < -0.3 is 5.11 Å². The Balaban J connectivity index is 2.35. The smallest absolute Gasteiger partial charge is 0.155 e. The van der Waals surface area contributed by atoms with Crippen LogP contribution in [0.4, 0.5) is 0 Å². The maximum Gasteiger partial charge on any atom is 0.155 e. The second-order valence-electron chi connectivity index (χ2n) is 5.43. The molecule has 2 aliphatic rings. The van der Waals surface area contributed by atoms with E-state index >= 15 is 0 Å². The van der Waals surface area contributed by atoms with E-state index in [9.17, 15) is 9.90 Å². The quantitative estimate of drug-likeness (QED) is 0.706. The highest BCUT2D eigenvalue weighted by atomic mass is 16.3. The first-order valence-electron chi connectivity index (χ1n) is 6.50. The summed E-state index contributed by atoms with van der Waals surface area (Å²) in [6, 6.07) is 0. The Hall–Kier alpha value is -1.07. The molecule has 1 N–H and O–H groups in total. The summed E-state index contributed by atoms with van der Waals surface area (Å²) in [6.07, 6.45) is 15.7. The molecule has 0 aromatic rings. The van der Waals surface area contributed by atoms with Crippen LogP contribution in [0.25, 0.3) is 0 Å². The van der Waals surface area contributed by atoms with Crippen LogP contribution in [0.3, 0.4) is 0 Å². The fourth-order valence-electron chi connectivity index (χ4n) is 3.31. The van der Waals surface area contributed by atoms with Crippen molar-refractivity contribution in [2.75, 3.05) is 0 Å². The predicted octanol–water partition coefficient (Wildman–Crippen LogP) is 2.61. The van der Waals surface area contributed by atoms with Crippen molar-refractivity contribution in [2.24, 2.45) is 5.41 Å². The van der Waals surface area contributed by atoms with E-state index in [1.54, 1.807) is 6.08 Å². The van der Waals surface area contributed by atoms with Crippen LogP contribution >= 0.6 is 0 Å². The van der Waals surface area contributed by atoms with Gasteiger partial charge in [0.1, 0.15) is 0 Å². The van der Waals surface area contributed by atoms with Crippen LogP contribution in [0.2, 0.25) is 0 Å². The molecule has 2 nitrogen and oxygen atoms in total. The van der Waals surface area contributed by atoms with Gasteiger partial charge >= 0.3 is 0 Å². The molecule has 1 fully saturated rings. The molecular formula is C15H20O2. The molecule has 0 aromatic carbocycles. The Kier molecular flexibility index (Phi) is 3.40. The average Bonchev–Trinajstić information content (AvgIpc) is 2.45. The number of hydrogen-bond donors (Lipinski definition) is 1. The summed E-state index contributed by atoms with van der Waals surface area (Å²) in [7, 11) is 0. The van der Waals surface area contributed by atoms with E-state index in [0.29, 0.717) is 12.8 Å². The number of allylic oxidation sites excluding steroid dienone is 1. The van der Waals surface area contributed by atoms with Gasteiger partial charge in [-0.2, -0.15) is 0 Å². The van der Waals surface area contributed by atoms with Crippen molar-refractivity contribution >= 4 is 5.78 Å². The molecule has 0 bridgehead atoms. The molecule has 17 heavy (non-hydrogen) atoms. The van der Waals surface area contributed by atoms with Crippen LogP contribution < -0.4 is 0 Å². The van der Waals surface area contributed by atoms with Crippen LogP contribution in [0.15, 0.2) is 12.2 Å². The maximum atomic E-state index is 11.3. The number of aliphatic hydroxyl groups is 1. The second-order valence-corrected chi connectivity index (χ2v) is 5.43. The fraction of sp³-hybridized carbons (Fsp3) is 0.667. The van der Waals surface area contributed by atoms with Crippen molar-refractivity contribution in [3.05, 3.63) is 12.2 Å². The molecule has 92 valence electrons. The molecule has 1 spiro atoms. The van der Waals surface area contributed by atoms with Crippen LogP contribution in [0, 0.1) is 17.8 Å². The first-order chi connectivity index (χ1) is 8.12. The maximum absolute atomic E-state index is 11.3. The molecule has 2 aliphatic carbocycles. The third kappa shape index (κ3) is 2.17. The van der Waals surface area contributed by atoms with E-state index in [1.807, 2.05) is 6.08 Å². The molecule has 0 unspecified atom stereocenters. The number of terminal acetylenes is 1. The zero-order chi connectivity index (χ0) is 12.4. The van der Waals surface area contributed by atoms with Crippen LogP contribution in [-0.4, -0.2) is 16.5 Å². The molecule has 2 heteroatoms. The van der Waals surface area contributed by atoms with Gasteiger partial charge in [-0.05, 0) is 25.3 Å². The lowest BCUT2D eigenvalue weighted by molar-refractivity contribution is -0.118. The number of ketones is 1.